The molecule has 1 fully saturated rings. The number of thioether (sulfide) groups is 1. The lowest BCUT2D eigenvalue weighted by atomic mass is 10.0. The summed E-state index contributed by atoms with van der Waals surface area (Å²) >= 11 is 1.35. The van der Waals surface area contributed by atoms with Crippen molar-refractivity contribution in [1.82, 2.24) is 9.78 Å². The fraction of sp³-hybridized carbons (Fsp3) is 0.207. The van der Waals surface area contributed by atoms with Crippen LogP contribution < -0.4 is 9.64 Å². The number of halogens is 3. The van der Waals surface area contributed by atoms with Gasteiger partial charge < -0.3 is 4.74 Å². The zero-order valence-corrected chi connectivity index (χ0v) is 23.1. The molecule has 0 spiro atoms. The number of aromatic nitrogens is 2. The number of ether oxygens (including phenoxy) is 1. The van der Waals surface area contributed by atoms with E-state index in [1.807, 2.05) is 42.5 Å². The Morgan fingerprint density at radius 3 is 2.54 bits per heavy atom. The van der Waals surface area contributed by atoms with Crippen LogP contribution in [0.3, 0.4) is 0 Å². The normalized spacial score (nSPS) is 15.4. The second-order valence-electron chi connectivity index (χ2n) is 9.44. The van der Waals surface area contributed by atoms with Crippen molar-refractivity contribution >= 4 is 57.5 Å². The Morgan fingerprint density at radius 2 is 1.80 bits per heavy atom. The van der Waals surface area contributed by atoms with Crippen LogP contribution in [0.15, 0.2) is 81.9 Å². The monoisotopic (exact) mass is 578 g/mol. The molecule has 12 heteroatoms. The number of aliphatic imine (C=N–C) groups is 1. The maximum Gasteiger partial charge on any atom is 0.573 e. The van der Waals surface area contributed by atoms with Crippen LogP contribution in [0.5, 0.6) is 5.75 Å². The summed E-state index contributed by atoms with van der Waals surface area (Å²) in [6.45, 7) is 4.17. The molecule has 0 aliphatic carbocycles. The van der Waals surface area contributed by atoms with Gasteiger partial charge in [-0.15, -0.1) is 18.3 Å². The molecule has 210 valence electrons. The molecule has 3 aromatic carbocycles. The highest BCUT2D eigenvalue weighted by Crippen LogP contribution is 2.33. The molecule has 0 radical (unpaired) electrons. The van der Waals surface area contributed by atoms with Crippen molar-refractivity contribution in [2.24, 2.45) is 22.2 Å². The maximum absolute atomic E-state index is 12.7. The van der Waals surface area contributed by atoms with E-state index < -0.39 is 6.36 Å². The maximum atomic E-state index is 12.7. The number of hydrogen-bond acceptors (Lipinski definition) is 7. The van der Waals surface area contributed by atoms with E-state index in [-0.39, 0.29) is 17.6 Å². The average molecular weight is 579 g/mol. The van der Waals surface area contributed by atoms with Crippen LogP contribution in [0.25, 0.3) is 10.9 Å². The summed E-state index contributed by atoms with van der Waals surface area (Å²) in [5.74, 6) is 0.198. The molecule has 0 saturated carbocycles. The van der Waals surface area contributed by atoms with Crippen LogP contribution >= 0.6 is 11.8 Å². The zero-order chi connectivity index (χ0) is 29.1. The number of benzene rings is 3. The van der Waals surface area contributed by atoms with Gasteiger partial charge in [0.25, 0.3) is 0 Å². The van der Waals surface area contributed by atoms with Gasteiger partial charge >= 0.3 is 6.36 Å². The topological polar surface area (TPSA) is 84.4 Å². The molecule has 8 nitrogen and oxygen atoms in total. The van der Waals surface area contributed by atoms with E-state index in [2.05, 4.69) is 38.9 Å². The first-order valence-corrected chi connectivity index (χ1v) is 13.6. The lowest BCUT2D eigenvalue weighted by Gasteiger charge is -2.20. The van der Waals surface area contributed by atoms with Crippen molar-refractivity contribution in [3.05, 3.63) is 83.6 Å². The minimum Gasteiger partial charge on any atom is -0.406 e. The average Bonchev–Trinajstić information content (AvgIpc) is 3.45. The van der Waals surface area contributed by atoms with Crippen LogP contribution in [0.2, 0.25) is 0 Å². The first-order valence-electron chi connectivity index (χ1n) is 12.6. The third-order valence-corrected chi connectivity index (χ3v) is 7.14. The number of nitrogens with zero attached hydrogens (tertiary/aromatic N) is 6. The van der Waals surface area contributed by atoms with E-state index in [0.717, 1.165) is 27.7 Å². The molecule has 1 aromatic heterocycles. The second-order valence-corrected chi connectivity index (χ2v) is 10.4. The van der Waals surface area contributed by atoms with Gasteiger partial charge in [-0.25, -0.2) is 0 Å². The van der Waals surface area contributed by atoms with E-state index in [0.29, 0.717) is 22.3 Å². The third kappa shape index (κ3) is 6.49. The highest BCUT2D eigenvalue weighted by atomic mass is 32.2. The van der Waals surface area contributed by atoms with Gasteiger partial charge in [-0.05, 0) is 59.5 Å². The molecule has 4 aromatic rings. The number of amidine groups is 1. The van der Waals surface area contributed by atoms with E-state index in [4.69, 9.17) is 0 Å². The van der Waals surface area contributed by atoms with Crippen LogP contribution in [0.1, 0.15) is 36.6 Å². The molecule has 0 bridgehead atoms. The number of alkyl halides is 3. The fourth-order valence-electron chi connectivity index (χ4n) is 4.34. The van der Waals surface area contributed by atoms with Crippen LogP contribution in [0, 0.1) is 0 Å². The summed E-state index contributed by atoms with van der Waals surface area (Å²) in [4.78, 5) is 18.7. The van der Waals surface area contributed by atoms with E-state index >= 15 is 0 Å². The number of carbonyl (C=O) groups is 1. The van der Waals surface area contributed by atoms with Gasteiger partial charge in [0, 0.05) is 12.4 Å². The highest BCUT2D eigenvalue weighted by Gasteiger charge is 2.32. The Bertz CT molecular complexity index is 1680. The van der Waals surface area contributed by atoms with E-state index in [1.165, 1.54) is 36.0 Å². The number of hydrogen-bond donors (Lipinski definition) is 0. The van der Waals surface area contributed by atoms with Gasteiger partial charge in [0.05, 0.1) is 35.1 Å². The van der Waals surface area contributed by atoms with Gasteiger partial charge in [-0.1, -0.05) is 49.9 Å². The SMILES string of the molecule is CC(C)c1ccccc1N1C(=O)CS/C1=N\N=C\c1ccc2c(C=Nc3ccc(OC(F)(F)F)cc3)nn(C)c2c1. The molecular weight excluding hydrogens is 553 g/mol. The summed E-state index contributed by atoms with van der Waals surface area (Å²) in [6, 6.07) is 18.7. The zero-order valence-electron chi connectivity index (χ0n) is 22.3. The second kappa shape index (κ2) is 11.6. The third-order valence-electron chi connectivity index (χ3n) is 6.23. The van der Waals surface area contributed by atoms with E-state index in [1.54, 1.807) is 29.1 Å². The molecular formula is C29H25F3N6O2S. The number of rotatable bonds is 7. The number of anilines is 1. The summed E-state index contributed by atoms with van der Waals surface area (Å²) in [5, 5.41) is 14.5. The molecule has 0 unspecified atom stereocenters. The van der Waals surface area contributed by atoms with Gasteiger partial charge in [-0.3, -0.25) is 19.4 Å². The molecule has 5 rings (SSSR count). The molecule has 0 atom stereocenters. The molecule has 1 amide bonds. The lowest BCUT2D eigenvalue weighted by Crippen LogP contribution is -2.30. The first kappa shape index (κ1) is 28.1. The fourth-order valence-corrected chi connectivity index (χ4v) is 5.16. The molecule has 1 aliphatic rings. The predicted octanol–water partition coefficient (Wildman–Crippen LogP) is 6.82. The summed E-state index contributed by atoms with van der Waals surface area (Å²) in [6.07, 6.45) is -1.57. The summed E-state index contributed by atoms with van der Waals surface area (Å²) in [7, 11) is 1.80. The number of amides is 1. The number of para-hydroxylation sites is 1. The Kier molecular flexibility index (Phi) is 7.93. The van der Waals surface area contributed by atoms with Crippen molar-refractivity contribution in [2.75, 3.05) is 10.7 Å². The molecule has 0 N–H and O–H groups in total. The Balaban J connectivity index is 1.34. The summed E-state index contributed by atoms with van der Waals surface area (Å²) in [5.41, 5.74) is 4.56. The van der Waals surface area contributed by atoms with Crippen LogP contribution in [-0.4, -0.2) is 45.4 Å². The molecule has 2 heterocycles. The minimum absolute atomic E-state index is 0.0341. The smallest absolute Gasteiger partial charge is 0.406 e. The van der Waals surface area contributed by atoms with Crippen molar-refractivity contribution in [2.45, 2.75) is 26.1 Å². The largest absolute Gasteiger partial charge is 0.573 e. The number of fused-ring (bicyclic) bond motifs is 1. The van der Waals surface area contributed by atoms with Crippen LogP contribution in [0.4, 0.5) is 24.5 Å². The quantitative estimate of drug-likeness (QED) is 0.178. The molecule has 1 aliphatic heterocycles. The van der Waals surface area contributed by atoms with Gasteiger partial charge in [-0.2, -0.15) is 10.2 Å². The minimum atomic E-state index is -4.75. The lowest BCUT2D eigenvalue weighted by molar-refractivity contribution is -0.274. The molecule has 1 saturated heterocycles. The number of aryl methyl sites for hydroxylation is 1. The Hall–Kier alpha value is -4.45. The standard InChI is InChI=1S/C29H25F3N6O2S/c1-18(2)22-6-4-5-7-25(22)38-27(39)17-41-28(38)35-34-15-19-8-13-23-24(36-37(3)26(23)14-19)16-33-20-9-11-21(12-10-20)40-29(30,31)32/h4-16,18H,17H2,1-3H3/b33-16?,34-15+,35-28-. The first-order chi connectivity index (χ1) is 19.6. The highest BCUT2D eigenvalue weighted by molar-refractivity contribution is 8.15. The Morgan fingerprint density at radius 1 is 1.05 bits per heavy atom. The Labute approximate surface area is 238 Å². The molecule has 41 heavy (non-hydrogen) atoms. The van der Waals surface area contributed by atoms with Crippen molar-refractivity contribution in [3.63, 3.8) is 0 Å². The van der Waals surface area contributed by atoms with Gasteiger partial charge in [0.1, 0.15) is 11.4 Å². The van der Waals surface area contributed by atoms with Gasteiger partial charge in [0.15, 0.2) is 5.17 Å². The summed E-state index contributed by atoms with van der Waals surface area (Å²) < 4.78 is 42.7. The van der Waals surface area contributed by atoms with Crippen molar-refractivity contribution < 1.29 is 22.7 Å². The van der Waals surface area contributed by atoms with E-state index in [9.17, 15) is 18.0 Å². The van der Waals surface area contributed by atoms with Crippen molar-refractivity contribution in [1.29, 1.82) is 0 Å². The van der Waals surface area contributed by atoms with Crippen LogP contribution in [-0.2, 0) is 11.8 Å². The predicted molar refractivity (Wildman–Crippen MR) is 157 cm³/mol. The van der Waals surface area contributed by atoms with Crippen molar-refractivity contribution in [3.8, 4) is 5.75 Å². The number of carbonyl (C=O) groups excluding carboxylic acids is 1. The van der Waals surface area contributed by atoms with Gasteiger partial charge in [0.2, 0.25) is 5.91 Å².